The van der Waals surface area contributed by atoms with Crippen molar-refractivity contribution >= 4 is 63.4 Å². The van der Waals surface area contributed by atoms with Gasteiger partial charge in [0.15, 0.2) is 6.61 Å². The third-order valence-corrected chi connectivity index (χ3v) is 3.95. The maximum Gasteiger partial charge on any atom is 0.339 e. The van der Waals surface area contributed by atoms with E-state index >= 15 is 0 Å². The Kier molecular flexibility index (Phi) is 6.05. The van der Waals surface area contributed by atoms with Gasteiger partial charge in [-0.05, 0) is 52.9 Å². The van der Waals surface area contributed by atoms with Crippen molar-refractivity contribution < 1.29 is 14.3 Å². The van der Waals surface area contributed by atoms with Gasteiger partial charge in [-0.2, -0.15) is 0 Å². The minimum atomic E-state index is -0.552. The quantitative estimate of drug-likeness (QED) is 0.556. The molecule has 22 heavy (non-hydrogen) atoms. The van der Waals surface area contributed by atoms with E-state index in [0.717, 1.165) is 3.57 Å². The Morgan fingerprint density at radius 1 is 1.09 bits per heavy atom. The summed E-state index contributed by atoms with van der Waals surface area (Å²) in [6.45, 7) is -0.395. The Balaban J connectivity index is 1.93. The van der Waals surface area contributed by atoms with Gasteiger partial charge in [0.2, 0.25) is 0 Å². The molecule has 114 valence electrons. The number of ether oxygens (including phenoxy) is 1. The molecule has 0 saturated carbocycles. The first-order valence-corrected chi connectivity index (χ1v) is 7.97. The molecule has 0 aliphatic carbocycles. The van der Waals surface area contributed by atoms with Gasteiger partial charge in [-0.15, -0.1) is 0 Å². The normalized spacial score (nSPS) is 10.1. The lowest BCUT2D eigenvalue weighted by Gasteiger charge is -2.08. The van der Waals surface area contributed by atoms with Crippen molar-refractivity contribution in [1.29, 1.82) is 0 Å². The van der Waals surface area contributed by atoms with E-state index in [2.05, 4.69) is 5.32 Å². The van der Waals surface area contributed by atoms with Gasteiger partial charge in [0.05, 0.1) is 5.56 Å². The van der Waals surface area contributed by atoms with Crippen LogP contribution in [0.2, 0.25) is 10.0 Å². The van der Waals surface area contributed by atoms with Crippen molar-refractivity contribution in [1.82, 2.24) is 0 Å². The summed E-state index contributed by atoms with van der Waals surface area (Å²) >= 11 is 13.7. The van der Waals surface area contributed by atoms with Crippen LogP contribution < -0.4 is 5.32 Å². The zero-order valence-corrected chi connectivity index (χ0v) is 14.8. The number of anilines is 1. The molecule has 0 aliphatic rings. The highest BCUT2D eigenvalue weighted by Gasteiger charge is 2.13. The number of rotatable bonds is 4. The molecule has 0 aromatic heterocycles. The average molecular weight is 450 g/mol. The molecule has 2 rings (SSSR count). The number of halogens is 3. The van der Waals surface area contributed by atoms with Crippen LogP contribution in [-0.4, -0.2) is 18.5 Å². The molecular weight excluding hydrogens is 440 g/mol. The van der Waals surface area contributed by atoms with Crippen molar-refractivity contribution in [3.8, 4) is 0 Å². The molecule has 0 bridgehead atoms. The summed E-state index contributed by atoms with van der Waals surface area (Å²) in [5, 5.41) is 3.36. The van der Waals surface area contributed by atoms with E-state index in [0.29, 0.717) is 21.3 Å². The summed E-state index contributed by atoms with van der Waals surface area (Å²) in [7, 11) is 0. The lowest BCUT2D eigenvalue weighted by atomic mass is 10.2. The highest BCUT2D eigenvalue weighted by molar-refractivity contribution is 14.1. The van der Waals surface area contributed by atoms with Crippen LogP contribution in [0.15, 0.2) is 42.5 Å². The number of carbonyl (C=O) groups is 2. The number of hydrogen-bond donors (Lipinski definition) is 1. The Hall–Kier alpha value is -1.31. The Morgan fingerprint density at radius 2 is 1.73 bits per heavy atom. The summed E-state index contributed by atoms with van der Waals surface area (Å²) in [5.74, 6) is -1.03. The molecule has 0 unspecified atom stereocenters. The smallest absolute Gasteiger partial charge is 0.339 e. The fourth-order valence-electron chi connectivity index (χ4n) is 1.66. The molecule has 0 fully saturated rings. The number of benzene rings is 2. The van der Waals surface area contributed by atoms with E-state index in [1.807, 2.05) is 28.7 Å². The van der Waals surface area contributed by atoms with Crippen LogP contribution in [0.5, 0.6) is 0 Å². The van der Waals surface area contributed by atoms with E-state index in [1.165, 1.54) is 0 Å². The zero-order valence-electron chi connectivity index (χ0n) is 11.1. The lowest BCUT2D eigenvalue weighted by Crippen LogP contribution is -2.21. The van der Waals surface area contributed by atoms with Gasteiger partial charge < -0.3 is 10.1 Å². The van der Waals surface area contributed by atoms with Crippen LogP contribution in [0.3, 0.4) is 0 Å². The molecule has 0 radical (unpaired) electrons. The van der Waals surface area contributed by atoms with Crippen LogP contribution in [0, 0.1) is 3.57 Å². The SMILES string of the molecule is O=C(COC(=O)c1ccccc1I)Nc1cc(Cl)cc(Cl)c1. The molecule has 0 atom stereocenters. The molecule has 1 amide bonds. The maximum atomic E-state index is 11.9. The summed E-state index contributed by atoms with van der Waals surface area (Å²) in [6, 6.07) is 11.6. The topological polar surface area (TPSA) is 55.4 Å². The van der Waals surface area contributed by atoms with Crippen LogP contribution in [0.1, 0.15) is 10.4 Å². The van der Waals surface area contributed by atoms with Gasteiger partial charge in [-0.1, -0.05) is 35.3 Å². The minimum absolute atomic E-state index is 0.395. The highest BCUT2D eigenvalue weighted by Crippen LogP contribution is 2.22. The zero-order chi connectivity index (χ0) is 16.1. The largest absolute Gasteiger partial charge is 0.452 e. The van der Waals surface area contributed by atoms with Gasteiger partial charge in [0, 0.05) is 19.3 Å². The minimum Gasteiger partial charge on any atom is -0.452 e. The van der Waals surface area contributed by atoms with Crippen LogP contribution in [0.25, 0.3) is 0 Å². The number of esters is 1. The van der Waals surface area contributed by atoms with Gasteiger partial charge in [0.1, 0.15) is 0 Å². The van der Waals surface area contributed by atoms with Crippen molar-refractivity contribution in [3.05, 3.63) is 61.6 Å². The number of carbonyl (C=O) groups excluding carboxylic acids is 2. The monoisotopic (exact) mass is 449 g/mol. The second-order valence-electron chi connectivity index (χ2n) is 4.26. The van der Waals surface area contributed by atoms with E-state index in [-0.39, 0.29) is 0 Å². The number of nitrogens with one attached hydrogen (secondary N) is 1. The summed E-state index contributed by atoms with van der Waals surface area (Å²) in [5.41, 5.74) is 0.856. The van der Waals surface area contributed by atoms with Gasteiger partial charge in [-0.25, -0.2) is 4.79 Å². The molecule has 0 spiro atoms. The lowest BCUT2D eigenvalue weighted by molar-refractivity contribution is -0.119. The highest BCUT2D eigenvalue weighted by atomic mass is 127. The molecule has 0 aliphatic heterocycles. The third kappa shape index (κ3) is 4.86. The predicted octanol–water partition coefficient (Wildman–Crippen LogP) is 4.39. The molecular formula is C15H10Cl2INO3. The van der Waals surface area contributed by atoms with Gasteiger partial charge >= 0.3 is 5.97 Å². The van der Waals surface area contributed by atoms with Crippen molar-refractivity contribution in [2.24, 2.45) is 0 Å². The van der Waals surface area contributed by atoms with E-state index in [4.69, 9.17) is 27.9 Å². The number of hydrogen-bond acceptors (Lipinski definition) is 3. The predicted molar refractivity (Wildman–Crippen MR) is 94.5 cm³/mol. The van der Waals surface area contributed by atoms with Crippen molar-refractivity contribution in [2.75, 3.05) is 11.9 Å². The fraction of sp³-hybridized carbons (Fsp3) is 0.0667. The first-order chi connectivity index (χ1) is 10.5. The van der Waals surface area contributed by atoms with E-state index < -0.39 is 18.5 Å². The Labute approximate surface area is 150 Å². The second kappa shape index (κ2) is 7.80. The molecule has 1 N–H and O–H groups in total. The second-order valence-corrected chi connectivity index (χ2v) is 6.30. The fourth-order valence-corrected chi connectivity index (χ4v) is 2.79. The molecule has 0 saturated heterocycles. The summed E-state index contributed by atoms with van der Waals surface area (Å²) < 4.78 is 5.74. The Morgan fingerprint density at radius 3 is 2.36 bits per heavy atom. The third-order valence-electron chi connectivity index (χ3n) is 2.57. The summed E-state index contributed by atoms with van der Waals surface area (Å²) in [4.78, 5) is 23.7. The van der Waals surface area contributed by atoms with Crippen molar-refractivity contribution in [3.63, 3.8) is 0 Å². The first-order valence-electron chi connectivity index (χ1n) is 6.13. The van der Waals surface area contributed by atoms with E-state index in [1.54, 1.807) is 36.4 Å². The van der Waals surface area contributed by atoms with Crippen LogP contribution >= 0.6 is 45.8 Å². The van der Waals surface area contributed by atoms with Gasteiger partial charge in [-0.3, -0.25) is 4.79 Å². The average Bonchev–Trinajstić information content (AvgIpc) is 2.44. The summed E-state index contributed by atoms with van der Waals surface area (Å²) in [6.07, 6.45) is 0. The maximum absolute atomic E-state index is 11.9. The molecule has 7 heteroatoms. The van der Waals surface area contributed by atoms with Crippen LogP contribution in [0.4, 0.5) is 5.69 Å². The molecule has 2 aromatic carbocycles. The molecule has 2 aromatic rings. The standard InChI is InChI=1S/C15H10Cl2INO3/c16-9-5-10(17)7-11(6-9)19-14(20)8-22-15(21)12-3-1-2-4-13(12)18/h1-7H,8H2,(H,19,20). The van der Waals surface area contributed by atoms with Gasteiger partial charge in [0.25, 0.3) is 5.91 Å². The Bertz CT molecular complexity index is 701. The molecule has 4 nitrogen and oxygen atoms in total. The number of amides is 1. The first kappa shape index (κ1) is 17.1. The van der Waals surface area contributed by atoms with Crippen molar-refractivity contribution in [2.45, 2.75) is 0 Å². The van der Waals surface area contributed by atoms with Crippen LogP contribution in [-0.2, 0) is 9.53 Å². The van der Waals surface area contributed by atoms with E-state index in [9.17, 15) is 9.59 Å². The molecule has 0 heterocycles.